The number of hydrogen-bond acceptors (Lipinski definition) is 4. The molecule has 0 aromatic carbocycles. The number of aliphatic imine (C=N–C) groups is 1. The van der Waals surface area contributed by atoms with Gasteiger partial charge in [-0.2, -0.15) is 0 Å². The summed E-state index contributed by atoms with van der Waals surface area (Å²) in [6.45, 7) is 13.2. The SMILES string of the molecule is CC(C)OCCN=C(N)N1CCN(C(=O)OC(C)(C)C)CC1.I. The molecule has 1 amide bonds. The van der Waals surface area contributed by atoms with E-state index in [4.69, 9.17) is 15.2 Å². The van der Waals surface area contributed by atoms with Crippen LogP contribution in [-0.4, -0.2) is 72.9 Å². The second-order valence-corrected chi connectivity index (χ2v) is 6.61. The van der Waals surface area contributed by atoms with Crippen molar-refractivity contribution in [2.75, 3.05) is 39.3 Å². The zero-order chi connectivity index (χ0) is 16.8. The molecule has 0 atom stereocenters. The van der Waals surface area contributed by atoms with Crippen molar-refractivity contribution in [2.45, 2.75) is 46.3 Å². The summed E-state index contributed by atoms with van der Waals surface area (Å²) in [6.07, 6.45) is -0.0678. The van der Waals surface area contributed by atoms with Crippen LogP contribution in [0.5, 0.6) is 0 Å². The van der Waals surface area contributed by atoms with E-state index in [-0.39, 0.29) is 36.2 Å². The van der Waals surface area contributed by atoms with Gasteiger partial charge in [-0.25, -0.2) is 4.79 Å². The Bertz CT molecular complexity index is 389. The minimum absolute atomic E-state index is 0. The van der Waals surface area contributed by atoms with Gasteiger partial charge >= 0.3 is 6.09 Å². The van der Waals surface area contributed by atoms with E-state index in [0.29, 0.717) is 45.3 Å². The minimum Gasteiger partial charge on any atom is -0.444 e. The lowest BCUT2D eigenvalue weighted by Gasteiger charge is -2.36. The molecule has 7 nitrogen and oxygen atoms in total. The Morgan fingerprint density at radius 2 is 1.70 bits per heavy atom. The van der Waals surface area contributed by atoms with Gasteiger partial charge in [-0.05, 0) is 34.6 Å². The van der Waals surface area contributed by atoms with Crippen molar-refractivity contribution in [2.24, 2.45) is 10.7 Å². The summed E-state index contributed by atoms with van der Waals surface area (Å²) in [6, 6.07) is 0. The second-order valence-electron chi connectivity index (χ2n) is 6.61. The molecule has 1 saturated heterocycles. The standard InChI is InChI=1S/C15H30N4O3.HI/c1-12(2)21-11-6-17-13(16)18-7-9-19(10-8-18)14(20)22-15(3,4)5;/h12H,6-11H2,1-5H3,(H2,16,17);1H. The number of piperazine rings is 1. The first-order valence-corrected chi connectivity index (χ1v) is 7.83. The Kier molecular flexibility index (Phi) is 9.83. The highest BCUT2D eigenvalue weighted by Crippen LogP contribution is 2.11. The van der Waals surface area contributed by atoms with Gasteiger partial charge in [0.25, 0.3) is 0 Å². The molecular formula is C15H31IN4O3. The van der Waals surface area contributed by atoms with Crippen molar-refractivity contribution in [3.63, 3.8) is 0 Å². The summed E-state index contributed by atoms with van der Waals surface area (Å²) < 4.78 is 10.8. The summed E-state index contributed by atoms with van der Waals surface area (Å²) in [4.78, 5) is 20.0. The Balaban J connectivity index is 0.00000484. The lowest BCUT2D eigenvalue weighted by atomic mass is 10.2. The number of rotatable bonds is 4. The molecule has 1 heterocycles. The van der Waals surface area contributed by atoms with Crippen molar-refractivity contribution in [1.82, 2.24) is 9.80 Å². The third-order valence-electron chi connectivity index (χ3n) is 3.07. The highest BCUT2D eigenvalue weighted by atomic mass is 127. The van der Waals surface area contributed by atoms with Gasteiger partial charge in [-0.1, -0.05) is 0 Å². The van der Waals surface area contributed by atoms with Crippen LogP contribution in [0.25, 0.3) is 0 Å². The first kappa shape index (κ1) is 22.2. The second kappa shape index (κ2) is 10.2. The number of carbonyl (C=O) groups is 1. The monoisotopic (exact) mass is 442 g/mol. The number of halogens is 1. The fourth-order valence-corrected chi connectivity index (χ4v) is 1.99. The average Bonchev–Trinajstić information content (AvgIpc) is 2.41. The number of hydrogen-bond donors (Lipinski definition) is 1. The molecule has 0 radical (unpaired) electrons. The first-order valence-electron chi connectivity index (χ1n) is 7.83. The zero-order valence-electron chi connectivity index (χ0n) is 14.9. The predicted molar refractivity (Wildman–Crippen MR) is 102 cm³/mol. The Labute approximate surface area is 156 Å². The fraction of sp³-hybridized carbons (Fsp3) is 0.867. The zero-order valence-corrected chi connectivity index (χ0v) is 17.2. The molecule has 0 spiro atoms. The molecule has 23 heavy (non-hydrogen) atoms. The molecule has 0 aromatic heterocycles. The first-order chi connectivity index (χ1) is 10.2. The summed E-state index contributed by atoms with van der Waals surface area (Å²) in [5.74, 6) is 0.510. The normalized spacial score (nSPS) is 16.3. The van der Waals surface area contributed by atoms with Crippen molar-refractivity contribution in [3.8, 4) is 0 Å². The van der Waals surface area contributed by atoms with Crippen LogP contribution >= 0.6 is 24.0 Å². The van der Waals surface area contributed by atoms with Crippen molar-refractivity contribution in [1.29, 1.82) is 0 Å². The van der Waals surface area contributed by atoms with Gasteiger partial charge in [-0.3, -0.25) is 4.99 Å². The molecule has 1 aliphatic heterocycles. The van der Waals surface area contributed by atoms with Crippen molar-refractivity contribution < 1.29 is 14.3 Å². The molecule has 8 heteroatoms. The molecule has 0 unspecified atom stereocenters. The molecule has 0 aliphatic carbocycles. The summed E-state index contributed by atoms with van der Waals surface area (Å²) in [5.41, 5.74) is 5.51. The quantitative estimate of drug-likeness (QED) is 0.311. The van der Waals surface area contributed by atoms with E-state index in [2.05, 4.69) is 4.99 Å². The number of ether oxygens (including phenoxy) is 2. The molecule has 1 fully saturated rings. The van der Waals surface area contributed by atoms with Crippen LogP contribution in [-0.2, 0) is 9.47 Å². The minimum atomic E-state index is -0.467. The van der Waals surface area contributed by atoms with E-state index in [0.717, 1.165) is 0 Å². The highest BCUT2D eigenvalue weighted by molar-refractivity contribution is 14.0. The molecule has 0 saturated carbocycles. The van der Waals surface area contributed by atoms with Crippen LogP contribution in [0.3, 0.4) is 0 Å². The van der Waals surface area contributed by atoms with Gasteiger partial charge in [0.15, 0.2) is 5.96 Å². The van der Waals surface area contributed by atoms with Crippen molar-refractivity contribution in [3.05, 3.63) is 0 Å². The van der Waals surface area contributed by atoms with E-state index < -0.39 is 5.60 Å². The summed E-state index contributed by atoms with van der Waals surface area (Å²) in [7, 11) is 0. The van der Waals surface area contributed by atoms with E-state index in [1.54, 1.807) is 4.90 Å². The summed E-state index contributed by atoms with van der Waals surface area (Å²) >= 11 is 0. The van der Waals surface area contributed by atoms with E-state index in [1.165, 1.54) is 0 Å². The third kappa shape index (κ3) is 9.19. The van der Waals surface area contributed by atoms with Crippen LogP contribution in [0.15, 0.2) is 4.99 Å². The van der Waals surface area contributed by atoms with Crippen LogP contribution in [0, 0.1) is 0 Å². The smallest absolute Gasteiger partial charge is 0.410 e. The van der Waals surface area contributed by atoms with Gasteiger partial charge in [0.05, 0.1) is 19.3 Å². The van der Waals surface area contributed by atoms with Gasteiger partial charge in [0, 0.05) is 26.2 Å². The molecule has 2 N–H and O–H groups in total. The Morgan fingerprint density at radius 3 is 2.17 bits per heavy atom. The molecule has 0 aromatic rings. The topological polar surface area (TPSA) is 80.4 Å². The van der Waals surface area contributed by atoms with Gasteiger partial charge in [-0.15, -0.1) is 24.0 Å². The van der Waals surface area contributed by atoms with Crippen LogP contribution in [0.4, 0.5) is 4.79 Å². The van der Waals surface area contributed by atoms with E-state index in [1.807, 2.05) is 39.5 Å². The molecule has 1 aliphatic rings. The Hall–Kier alpha value is -0.770. The highest BCUT2D eigenvalue weighted by Gasteiger charge is 2.26. The van der Waals surface area contributed by atoms with Crippen LogP contribution in [0.2, 0.25) is 0 Å². The summed E-state index contributed by atoms with van der Waals surface area (Å²) in [5, 5.41) is 0. The molecular weight excluding hydrogens is 411 g/mol. The lowest BCUT2D eigenvalue weighted by Crippen LogP contribution is -2.53. The van der Waals surface area contributed by atoms with E-state index >= 15 is 0 Å². The lowest BCUT2D eigenvalue weighted by molar-refractivity contribution is 0.0186. The maximum Gasteiger partial charge on any atom is 0.410 e. The fourth-order valence-electron chi connectivity index (χ4n) is 1.99. The van der Waals surface area contributed by atoms with E-state index in [9.17, 15) is 4.79 Å². The predicted octanol–water partition coefficient (Wildman–Crippen LogP) is 1.90. The maximum absolute atomic E-state index is 12.0. The molecule has 136 valence electrons. The van der Waals surface area contributed by atoms with Crippen LogP contribution in [0.1, 0.15) is 34.6 Å². The van der Waals surface area contributed by atoms with Gasteiger partial charge in [0.1, 0.15) is 5.60 Å². The largest absolute Gasteiger partial charge is 0.444 e. The van der Waals surface area contributed by atoms with Gasteiger partial charge < -0.3 is 25.0 Å². The number of nitrogens with two attached hydrogens (primary N) is 1. The number of guanidine groups is 1. The van der Waals surface area contributed by atoms with Crippen molar-refractivity contribution >= 4 is 36.0 Å². The average molecular weight is 442 g/mol. The number of nitrogens with zero attached hydrogens (tertiary/aromatic N) is 3. The third-order valence-corrected chi connectivity index (χ3v) is 3.07. The number of carbonyl (C=O) groups excluding carboxylic acids is 1. The van der Waals surface area contributed by atoms with Crippen LogP contribution < -0.4 is 5.73 Å². The molecule has 1 rings (SSSR count). The molecule has 0 bridgehead atoms. The Morgan fingerprint density at radius 1 is 1.17 bits per heavy atom. The maximum atomic E-state index is 12.0. The number of amides is 1. The van der Waals surface area contributed by atoms with Gasteiger partial charge in [0.2, 0.25) is 0 Å².